The molecule has 1 saturated carbocycles. The number of aliphatic hydroxyl groups is 4. The summed E-state index contributed by atoms with van der Waals surface area (Å²) in [4.78, 5) is 0. The van der Waals surface area contributed by atoms with Gasteiger partial charge in [0.1, 0.15) is 42.9 Å². The van der Waals surface area contributed by atoms with Gasteiger partial charge in [-0.05, 0) is 54.2 Å². The zero-order valence-corrected chi connectivity index (χ0v) is 18.4. The smallest absolute Gasteiger partial charge is 0.119 e. The Kier molecular flexibility index (Phi) is 7.68. The lowest BCUT2D eigenvalue weighted by atomic mass is 9.90. The van der Waals surface area contributed by atoms with Gasteiger partial charge in [0.25, 0.3) is 0 Å². The van der Waals surface area contributed by atoms with Crippen molar-refractivity contribution in [2.45, 2.75) is 55.9 Å². The minimum Gasteiger partial charge on any atom is -0.491 e. The van der Waals surface area contributed by atoms with Crippen molar-refractivity contribution in [1.82, 2.24) is 0 Å². The Morgan fingerprint density at radius 2 is 1.69 bits per heavy atom. The molecular formula is C24H29ClO7. The van der Waals surface area contributed by atoms with Gasteiger partial charge in [0.05, 0.1) is 19.3 Å². The highest BCUT2D eigenvalue weighted by Crippen LogP contribution is 2.34. The van der Waals surface area contributed by atoms with Crippen LogP contribution < -0.4 is 4.74 Å². The monoisotopic (exact) mass is 464 g/mol. The van der Waals surface area contributed by atoms with E-state index in [2.05, 4.69) is 0 Å². The van der Waals surface area contributed by atoms with Gasteiger partial charge in [0.15, 0.2) is 0 Å². The summed E-state index contributed by atoms with van der Waals surface area (Å²) in [5, 5.41) is 40.5. The zero-order valence-electron chi connectivity index (χ0n) is 17.6. The Morgan fingerprint density at radius 1 is 0.938 bits per heavy atom. The fourth-order valence-corrected chi connectivity index (χ4v) is 4.00. The van der Waals surface area contributed by atoms with Crippen molar-refractivity contribution < 1.29 is 34.6 Å². The molecule has 7 nitrogen and oxygen atoms in total. The maximum absolute atomic E-state index is 10.4. The molecule has 2 aromatic rings. The summed E-state index contributed by atoms with van der Waals surface area (Å²) in [6, 6.07) is 13.0. The number of benzene rings is 2. The average Bonchev–Trinajstić information content (AvgIpc) is 3.63. The molecular weight excluding hydrogens is 436 g/mol. The van der Waals surface area contributed by atoms with Gasteiger partial charge in [-0.15, -0.1) is 0 Å². The van der Waals surface area contributed by atoms with E-state index in [1.54, 1.807) is 12.1 Å². The Labute approximate surface area is 192 Å². The van der Waals surface area contributed by atoms with E-state index >= 15 is 0 Å². The van der Waals surface area contributed by atoms with Crippen molar-refractivity contribution in [2.75, 3.05) is 19.8 Å². The minimum atomic E-state index is -1.42. The van der Waals surface area contributed by atoms with Crippen molar-refractivity contribution >= 4 is 11.6 Å². The molecule has 5 atom stereocenters. The van der Waals surface area contributed by atoms with Crippen molar-refractivity contribution in [2.24, 2.45) is 0 Å². The van der Waals surface area contributed by atoms with Crippen LogP contribution in [0.25, 0.3) is 0 Å². The van der Waals surface area contributed by atoms with E-state index in [1.165, 1.54) is 0 Å². The van der Waals surface area contributed by atoms with E-state index in [4.69, 9.17) is 25.8 Å². The first-order valence-electron chi connectivity index (χ1n) is 10.9. The highest BCUT2D eigenvalue weighted by atomic mass is 35.5. The predicted octanol–water partition coefficient (Wildman–Crippen LogP) is 2.00. The lowest BCUT2D eigenvalue weighted by Crippen LogP contribution is -2.55. The van der Waals surface area contributed by atoms with Crippen LogP contribution in [0.1, 0.15) is 35.6 Å². The number of hydrogen-bond acceptors (Lipinski definition) is 7. The summed E-state index contributed by atoms with van der Waals surface area (Å²) in [5.41, 5.74) is 2.46. The number of aliphatic hydroxyl groups excluding tert-OH is 4. The van der Waals surface area contributed by atoms with E-state index in [0.717, 1.165) is 29.7 Å². The molecule has 8 heteroatoms. The van der Waals surface area contributed by atoms with Crippen LogP contribution >= 0.6 is 11.6 Å². The molecule has 0 spiro atoms. The third-order valence-electron chi connectivity index (χ3n) is 5.84. The molecule has 2 aliphatic rings. The maximum Gasteiger partial charge on any atom is 0.119 e. The topological polar surface area (TPSA) is 109 Å². The predicted molar refractivity (Wildman–Crippen MR) is 118 cm³/mol. The van der Waals surface area contributed by atoms with Gasteiger partial charge >= 0.3 is 0 Å². The van der Waals surface area contributed by atoms with Crippen LogP contribution in [-0.2, 0) is 15.9 Å². The first kappa shape index (κ1) is 23.4. The second-order valence-corrected chi connectivity index (χ2v) is 8.75. The third kappa shape index (κ3) is 5.61. The van der Waals surface area contributed by atoms with Gasteiger partial charge in [-0.3, -0.25) is 0 Å². The Balaban J connectivity index is 1.41. The fourth-order valence-electron chi connectivity index (χ4n) is 3.82. The maximum atomic E-state index is 10.4. The molecule has 2 fully saturated rings. The SMILES string of the molecule is OC[C@H]1O[C@@H](c2ccc(Cl)c(Cc3ccc(OCCOC4CC4)cc3)c2)C(O)[C@@H](O)[C@@H]1O. The van der Waals surface area contributed by atoms with Gasteiger partial charge in [-0.25, -0.2) is 0 Å². The van der Waals surface area contributed by atoms with Gasteiger partial charge in [0, 0.05) is 5.02 Å². The summed E-state index contributed by atoms with van der Waals surface area (Å²) < 4.78 is 16.9. The van der Waals surface area contributed by atoms with E-state index < -0.39 is 37.1 Å². The number of hydrogen-bond donors (Lipinski definition) is 4. The normalized spacial score (nSPS) is 28.0. The van der Waals surface area contributed by atoms with Crippen molar-refractivity contribution in [3.63, 3.8) is 0 Å². The molecule has 1 aliphatic heterocycles. The molecule has 32 heavy (non-hydrogen) atoms. The Bertz CT molecular complexity index is 884. The molecule has 2 aromatic carbocycles. The fraction of sp³-hybridized carbons (Fsp3) is 0.500. The zero-order chi connectivity index (χ0) is 22.7. The van der Waals surface area contributed by atoms with E-state index in [1.807, 2.05) is 30.3 Å². The highest BCUT2D eigenvalue weighted by molar-refractivity contribution is 6.31. The molecule has 0 aromatic heterocycles. The minimum absolute atomic E-state index is 0.421. The lowest BCUT2D eigenvalue weighted by molar-refractivity contribution is -0.231. The van der Waals surface area contributed by atoms with Crippen molar-refractivity contribution in [1.29, 1.82) is 0 Å². The second-order valence-electron chi connectivity index (χ2n) is 8.34. The van der Waals surface area contributed by atoms with Crippen LogP contribution in [0.2, 0.25) is 5.02 Å². The average molecular weight is 465 g/mol. The Morgan fingerprint density at radius 3 is 2.38 bits per heavy atom. The molecule has 1 unspecified atom stereocenters. The molecule has 0 radical (unpaired) electrons. The summed E-state index contributed by atoms with van der Waals surface area (Å²) in [5.74, 6) is 0.773. The van der Waals surface area contributed by atoms with Crippen molar-refractivity contribution in [3.05, 3.63) is 64.2 Å². The summed E-state index contributed by atoms with van der Waals surface area (Å²) in [6.07, 6.45) is -2.73. The summed E-state index contributed by atoms with van der Waals surface area (Å²) in [6.45, 7) is 0.638. The van der Waals surface area contributed by atoms with Gasteiger partial charge < -0.3 is 34.6 Å². The van der Waals surface area contributed by atoms with Gasteiger partial charge in [0.2, 0.25) is 0 Å². The number of halogens is 1. The highest BCUT2D eigenvalue weighted by Gasteiger charge is 2.44. The van der Waals surface area contributed by atoms with Crippen LogP contribution in [-0.4, -0.2) is 70.8 Å². The van der Waals surface area contributed by atoms with Crippen LogP contribution in [0, 0.1) is 0 Å². The van der Waals surface area contributed by atoms with Crippen LogP contribution in [0.4, 0.5) is 0 Å². The largest absolute Gasteiger partial charge is 0.491 e. The molecule has 4 N–H and O–H groups in total. The van der Waals surface area contributed by atoms with Crippen molar-refractivity contribution in [3.8, 4) is 5.75 Å². The lowest BCUT2D eigenvalue weighted by Gasteiger charge is -2.40. The number of ether oxygens (including phenoxy) is 3. The first-order valence-corrected chi connectivity index (χ1v) is 11.3. The molecule has 174 valence electrons. The van der Waals surface area contributed by atoms with Crippen LogP contribution in [0.15, 0.2) is 42.5 Å². The number of rotatable bonds is 9. The first-order chi connectivity index (χ1) is 15.5. The molecule has 4 rings (SSSR count). The van der Waals surface area contributed by atoms with Gasteiger partial charge in [-0.1, -0.05) is 35.9 Å². The molecule has 0 amide bonds. The standard InChI is InChI=1S/C24H29ClO7/c25-19-8-3-15(24-23(29)22(28)21(27)20(13-26)32-24)12-16(19)11-14-1-4-17(5-2-14)30-9-10-31-18-6-7-18/h1-5,8,12,18,20-24,26-29H,6-7,9-11,13H2/t20-,21-,22+,23?,24+/m1/s1. The molecule has 1 heterocycles. The molecule has 1 saturated heterocycles. The molecule has 1 aliphatic carbocycles. The van der Waals surface area contributed by atoms with E-state index in [0.29, 0.717) is 36.3 Å². The molecule has 0 bridgehead atoms. The summed E-state index contributed by atoms with van der Waals surface area (Å²) >= 11 is 6.40. The van der Waals surface area contributed by atoms with Gasteiger partial charge in [-0.2, -0.15) is 0 Å². The van der Waals surface area contributed by atoms with E-state index in [9.17, 15) is 20.4 Å². The summed E-state index contributed by atoms with van der Waals surface area (Å²) in [7, 11) is 0. The van der Waals surface area contributed by atoms with E-state index in [-0.39, 0.29) is 0 Å². The van der Waals surface area contributed by atoms with Crippen LogP contribution in [0.3, 0.4) is 0 Å². The van der Waals surface area contributed by atoms with Crippen LogP contribution in [0.5, 0.6) is 5.75 Å². The quantitative estimate of drug-likeness (QED) is 0.420. The third-order valence-corrected chi connectivity index (χ3v) is 6.21. The Hall–Kier alpha value is -1.71. The second kappa shape index (κ2) is 10.5.